The van der Waals surface area contributed by atoms with E-state index >= 15 is 0 Å². The molecule has 0 saturated carbocycles. The number of hydrogen-bond donors (Lipinski definition) is 3. The van der Waals surface area contributed by atoms with Crippen LogP contribution in [-0.4, -0.2) is 87.3 Å². The van der Waals surface area contributed by atoms with Crippen molar-refractivity contribution < 1.29 is 18.0 Å². The highest BCUT2D eigenvalue weighted by atomic mass is 32.2. The van der Waals surface area contributed by atoms with Crippen LogP contribution in [-0.2, 0) is 19.6 Å². The standard InChI is InChI=1S/C49H50N8O4S/c1-62(60,61)54-44(38-12-4-2-5-13-38)48(58)56-30-10-16-42(56)46-50-32-40(52-46)36-24-20-34(21-25-36)18-19-35-22-26-37(27-23-35)41-33-51-47(53-41)43-17-11-31-57(43)49(59)45(55-28-8-9-29-55)39-14-6-3-7-15-39/h2-7,12-15,20-27,32-33,42-45,54H,8-11,16-17,28-31H2,1H3,(H,50,52)(H,51,53). The number of carbonyl (C=O) groups is 2. The Bertz CT molecular complexity index is 2680. The molecule has 4 unspecified atom stereocenters. The summed E-state index contributed by atoms with van der Waals surface area (Å²) < 4.78 is 27.0. The first-order valence-electron chi connectivity index (χ1n) is 21.4. The third kappa shape index (κ3) is 8.99. The monoisotopic (exact) mass is 846 g/mol. The van der Waals surface area contributed by atoms with Crippen LogP contribution in [0.4, 0.5) is 0 Å². The highest BCUT2D eigenvalue weighted by Gasteiger charge is 2.40. The molecular weight excluding hydrogens is 797 g/mol. The van der Waals surface area contributed by atoms with Crippen molar-refractivity contribution in [3.05, 3.63) is 155 Å². The molecule has 2 aromatic heterocycles. The van der Waals surface area contributed by atoms with Gasteiger partial charge in [-0.05, 0) is 98.1 Å². The van der Waals surface area contributed by atoms with Crippen LogP contribution in [0.3, 0.4) is 0 Å². The molecule has 0 radical (unpaired) electrons. The summed E-state index contributed by atoms with van der Waals surface area (Å²) in [7, 11) is -3.66. The molecule has 3 aliphatic heterocycles. The van der Waals surface area contributed by atoms with Crippen LogP contribution in [0.5, 0.6) is 0 Å². The highest BCUT2D eigenvalue weighted by molar-refractivity contribution is 7.88. The Morgan fingerprint density at radius 2 is 1.10 bits per heavy atom. The first-order chi connectivity index (χ1) is 30.2. The topological polar surface area (TPSA) is 147 Å². The van der Waals surface area contributed by atoms with Gasteiger partial charge in [0, 0.05) is 24.2 Å². The molecule has 0 spiro atoms. The number of amides is 2. The summed E-state index contributed by atoms with van der Waals surface area (Å²) in [6, 6.07) is 33.4. The third-order valence-corrected chi connectivity index (χ3v) is 12.9. The van der Waals surface area contributed by atoms with Gasteiger partial charge in [-0.15, -0.1) is 0 Å². The van der Waals surface area contributed by atoms with Gasteiger partial charge in [-0.1, -0.05) is 96.8 Å². The molecule has 6 aromatic rings. The molecule has 5 heterocycles. The number of aromatic amines is 2. The van der Waals surface area contributed by atoms with E-state index in [1.807, 2.05) is 83.9 Å². The van der Waals surface area contributed by atoms with E-state index in [0.29, 0.717) is 24.4 Å². The van der Waals surface area contributed by atoms with Crippen molar-refractivity contribution in [2.45, 2.75) is 62.7 Å². The van der Waals surface area contributed by atoms with Gasteiger partial charge in [0.25, 0.3) is 0 Å². The minimum Gasteiger partial charge on any atom is -0.340 e. The Morgan fingerprint density at radius 3 is 1.58 bits per heavy atom. The van der Waals surface area contributed by atoms with Gasteiger partial charge in [0.05, 0.1) is 42.1 Å². The van der Waals surface area contributed by atoms with E-state index in [1.165, 1.54) is 0 Å². The Morgan fingerprint density at radius 1 is 0.629 bits per heavy atom. The number of nitrogens with zero attached hydrogens (tertiary/aromatic N) is 5. The SMILES string of the molecule is CS(=O)(=O)NC(C(=O)N1CCCC1c1ncc(-c2ccc(C#Cc3ccc(-c4cnc(C5CCCN5C(=O)C(c5ccccc5)N5CCCC5)[nH]4)cc3)cc2)[nH]1)c1ccccc1. The quantitative estimate of drug-likeness (QED) is 0.116. The molecule has 2 amide bonds. The summed E-state index contributed by atoms with van der Waals surface area (Å²) in [4.78, 5) is 50.6. The van der Waals surface area contributed by atoms with Crippen molar-refractivity contribution in [3.63, 3.8) is 0 Å². The van der Waals surface area contributed by atoms with Crippen molar-refractivity contribution in [3.8, 4) is 34.4 Å². The van der Waals surface area contributed by atoms with E-state index in [0.717, 1.165) is 103 Å². The fourth-order valence-electron chi connectivity index (χ4n) is 9.13. The Hall–Kier alpha value is -6.33. The van der Waals surface area contributed by atoms with Gasteiger partial charge in [0.15, 0.2) is 0 Å². The fourth-order valence-corrected chi connectivity index (χ4v) is 9.80. The number of likely N-dealkylation sites (tertiary alicyclic amines) is 3. The number of H-pyrrole nitrogens is 2. The molecule has 316 valence electrons. The molecule has 3 saturated heterocycles. The lowest BCUT2D eigenvalue weighted by atomic mass is 10.0. The Kier molecular flexibility index (Phi) is 11.9. The highest BCUT2D eigenvalue weighted by Crippen LogP contribution is 2.37. The van der Waals surface area contributed by atoms with Crippen LogP contribution in [0, 0.1) is 11.8 Å². The van der Waals surface area contributed by atoms with Crippen LogP contribution in [0.25, 0.3) is 22.5 Å². The molecule has 13 heteroatoms. The van der Waals surface area contributed by atoms with Gasteiger partial charge in [-0.25, -0.2) is 18.4 Å². The van der Waals surface area contributed by atoms with Gasteiger partial charge < -0.3 is 19.8 Å². The number of aromatic nitrogens is 4. The third-order valence-electron chi connectivity index (χ3n) is 12.2. The molecule has 3 fully saturated rings. The first-order valence-corrected chi connectivity index (χ1v) is 23.3. The lowest BCUT2D eigenvalue weighted by molar-refractivity contribution is -0.138. The fraction of sp³-hybridized carbons (Fsp3) is 0.306. The van der Waals surface area contributed by atoms with Crippen molar-refractivity contribution in [1.29, 1.82) is 0 Å². The maximum Gasteiger partial charge on any atom is 0.245 e. The maximum atomic E-state index is 14.2. The Balaban J connectivity index is 0.838. The predicted molar refractivity (Wildman–Crippen MR) is 239 cm³/mol. The van der Waals surface area contributed by atoms with Gasteiger partial charge >= 0.3 is 0 Å². The van der Waals surface area contributed by atoms with Crippen LogP contribution in [0.1, 0.15) is 96.6 Å². The number of rotatable bonds is 11. The summed E-state index contributed by atoms with van der Waals surface area (Å²) in [6.07, 6.45) is 10.3. The summed E-state index contributed by atoms with van der Waals surface area (Å²) >= 11 is 0. The zero-order chi connectivity index (χ0) is 42.6. The minimum absolute atomic E-state index is 0.0865. The van der Waals surface area contributed by atoms with E-state index in [2.05, 4.69) is 48.5 Å². The number of benzene rings is 4. The smallest absolute Gasteiger partial charge is 0.245 e. The normalized spacial score (nSPS) is 19.0. The molecular formula is C49H50N8O4S. The van der Waals surface area contributed by atoms with Gasteiger partial charge in [-0.3, -0.25) is 14.5 Å². The average molecular weight is 847 g/mol. The zero-order valence-corrected chi connectivity index (χ0v) is 35.5. The summed E-state index contributed by atoms with van der Waals surface area (Å²) in [5, 5.41) is 0. The van der Waals surface area contributed by atoms with Crippen LogP contribution < -0.4 is 4.72 Å². The lowest BCUT2D eigenvalue weighted by Crippen LogP contribution is -2.42. The van der Waals surface area contributed by atoms with E-state index in [-0.39, 0.29) is 29.9 Å². The van der Waals surface area contributed by atoms with E-state index in [1.54, 1.807) is 35.4 Å². The minimum atomic E-state index is -3.66. The second-order valence-corrected chi connectivity index (χ2v) is 18.2. The molecule has 9 rings (SSSR count). The van der Waals surface area contributed by atoms with Gasteiger partial charge in [0.2, 0.25) is 21.8 Å². The molecule has 3 aliphatic rings. The number of carbonyl (C=O) groups excluding carboxylic acids is 2. The molecule has 0 bridgehead atoms. The summed E-state index contributed by atoms with van der Waals surface area (Å²) in [5.41, 5.74) is 7.04. The summed E-state index contributed by atoms with van der Waals surface area (Å²) in [6.45, 7) is 3.11. The molecule has 12 nitrogen and oxygen atoms in total. The molecule has 3 N–H and O–H groups in total. The van der Waals surface area contributed by atoms with Gasteiger partial charge in [-0.2, -0.15) is 4.72 Å². The van der Waals surface area contributed by atoms with Crippen molar-refractivity contribution in [2.75, 3.05) is 32.4 Å². The summed E-state index contributed by atoms with van der Waals surface area (Å²) in [5.74, 6) is 7.90. The first kappa shape index (κ1) is 41.0. The molecule has 4 atom stereocenters. The number of imidazole rings is 2. The van der Waals surface area contributed by atoms with E-state index < -0.39 is 16.1 Å². The van der Waals surface area contributed by atoms with E-state index in [4.69, 9.17) is 4.98 Å². The second kappa shape index (κ2) is 17.9. The van der Waals surface area contributed by atoms with Crippen molar-refractivity contribution in [1.82, 2.24) is 39.4 Å². The molecule has 62 heavy (non-hydrogen) atoms. The maximum absolute atomic E-state index is 14.2. The van der Waals surface area contributed by atoms with Crippen LogP contribution in [0.15, 0.2) is 122 Å². The van der Waals surface area contributed by atoms with Crippen LogP contribution >= 0.6 is 0 Å². The predicted octanol–water partition coefficient (Wildman–Crippen LogP) is 7.32. The molecule has 4 aromatic carbocycles. The number of nitrogens with one attached hydrogen (secondary N) is 3. The number of sulfonamides is 1. The number of hydrogen-bond acceptors (Lipinski definition) is 7. The largest absolute Gasteiger partial charge is 0.340 e. The van der Waals surface area contributed by atoms with Gasteiger partial charge in [0.1, 0.15) is 23.7 Å². The van der Waals surface area contributed by atoms with E-state index in [9.17, 15) is 18.0 Å². The second-order valence-electron chi connectivity index (χ2n) is 16.4. The van der Waals surface area contributed by atoms with Crippen LogP contribution in [0.2, 0.25) is 0 Å². The molecule has 0 aliphatic carbocycles. The van der Waals surface area contributed by atoms with Crippen molar-refractivity contribution >= 4 is 21.8 Å². The lowest BCUT2D eigenvalue weighted by Gasteiger charge is -2.33. The average Bonchev–Trinajstić information content (AvgIpc) is 4.16. The Labute approximate surface area is 362 Å². The zero-order valence-electron chi connectivity index (χ0n) is 34.7. The van der Waals surface area contributed by atoms with Crippen molar-refractivity contribution in [2.24, 2.45) is 0 Å².